The lowest BCUT2D eigenvalue weighted by atomic mass is 10.2. The highest BCUT2D eigenvalue weighted by Crippen LogP contribution is 2.20. The Labute approximate surface area is 147 Å². The van der Waals surface area contributed by atoms with E-state index in [-0.39, 0.29) is 18.9 Å². The molecular formula is C17H14Cl2N2O3. The Hall–Kier alpha value is -2.24. The van der Waals surface area contributed by atoms with Crippen LogP contribution in [0.2, 0.25) is 10.0 Å². The molecule has 3 rings (SSSR count). The number of hydrogen-bond donors (Lipinski definition) is 1. The predicted molar refractivity (Wildman–Crippen MR) is 94.9 cm³/mol. The molecule has 1 heterocycles. The van der Waals surface area contributed by atoms with Gasteiger partial charge in [-0.05, 0) is 42.8 Å². The summed E-state index contributed by atoms with van der Waals surface area (Å²) < 4.78 is 6.56. The minimum Gasteiger partial charge on any atom is -0.408 e. The Bertz CT molecular complexity index is 976. The number of aryl methyl sites for hydroxylation is 2. The van der Waals surface area contributed by atoms with Crippen molar-refractivity contribution >= 4 is 45.9 Å². The summed E-state index contributed by atoms with van der Waals surface area (Å²) in [6.45, 7) is 2.07. The molecule has 1 N–H and O–H groups in total. The van der Waals surface area contributed by atoms with Gasteiger partial charge in [0.15, 0.2) is 5.58 Å². The monoisotopic (exact) mass is 364 g/mol. The first-order valence-corrected chi connectivity index (χ1v) is 8.04. The first-order valence-electron chi connectivity index (χ1n) is 7.29. The van der Waals surface area contributed by atoms with E-state index < -0.39 is 5.76 Å². The lowest BCUT2D eigenvalue weighted by Gasteiger charge is -2.09. The van der Waals surface area contributed by atoms with Gasteiger partial charge in [-0.25, -0.2) is 4.79 Å². The molecule has 0 bridgehead atoms. The van der Waals surface area contributed by atoms with Gasteiger partial charge in [0.1, 0.15) is 0 Å². The van der Waals surface area contributed by atoms with Crippen molar-refractivity contribution in [3.8, 4) is 0 Å². The average Bonchev–Trinajstić information content (AvgIpc) is 2.82. The quantitative estimate of drug-likeness (QED) is 0.752. The Morgan fingerprint density at radius 3 is 2.62 bits per heavy atom. The van der Waals surface area contributed by atoms with Crippen LogP contribution in [0.1, 0.15) is 12.0 Å². The number of nitrogens with one attached hydrogen (secondary N) is 1. The van der Waals surface area contributed by atoms with Gasteiger partial charge in [-0.2, -0.15) is 0 Å². The second-order valence-corrected chi connectivity index (χ2v) is 6.26. The van der Waals surface area contributed by atoms with Crippen molar-refractivity contribution in [3.63, 3.8) is 0 Å². The molecule has 1 aromatic heterocycles. The molecule has 24 heavy (non-hydrogen) atoms. The van der Waals surface area contributed by atoms with Gasteiger partial charge in [0.05, 0.1) is 5.52 Å². The highest BCUT2D eigenvalue weighted by atomic mass is 35.5. The van der Waals surface area contributed by atoms with E-state index in [4.69, 9.17) is 27.6 Å². The molecule has 0 aliphatic carbocycles. The van der Waals surface area contributed by atoms with E-state index >= 15 is 0 Å². The molecule has 7 heteroatoms. The van der Waals surface area contributed by atoms with Gasteiger partial charge in [-0.3, -0.25) is 9.36 Å². The molecule has 0 aliphatic rings. The van der Waals surface area contributed by atoms with Crippen LogP contribution in [0, 0.1) is 6.92 Å². The van der Waals surface area contributed by atoms with Crippen LogP contribution in [-0.2, 0) is 11.3 Å². The third-order valence-corrected chi connectivity index (χ3v) is 4.13. The molecule has 0 unspecified atom stereocenters. The highest BCUT2D eigenvalue weighted by molar-refractivity contribution is 6.31. The van der Waals surface area contributed by atoms with Crippen LogP contribution in [0.5, 0.6) is 0 Å². The van der Waals surface area contributed by atoms with Gasteiger partial charge in [0, 0.05) is 34.8 Å². The van der Waals surface area contributed by atoms with E-state index in [1.807, 2.05) is 6.92 Å². The lowest BCUT2D eigenvalue weighted by molar-refractivity contribution is -0.116. The van der Waals surface area contributed by atoms with E-state index in [1.165, 1.54) is 4.57 Å². The van der Waals surface area contributed by atoms with E-state index in [2.05, 4.69) is 5.32 Å². The van der Waals surface area contributed by atoms with Crippen molar-refractivity contribution in [2.45, 2.75) is 19.9 Å². The number of hydrogen-bond acceptors (Lipinski definition) is 3. The van der Waals surface area contributed by atoms with E-state index in [1.54, 1.807) is 36.4 Å². The maximum Gasteiger partial charge on any atom is 0.419 e. The topological polar surface area (TPSA) is 64.2 Å². The molecule has 0 fully saturated rings. The molecule has 3 aromatic rings. The van der Waals surface area contributed by atoms with Gasteiger partial charge in [-0.1, -0.05) is 23.2 Å². The highest BCUT2D eigenvalue weighted by Gasteiger charge is 2.12. The summed E-state index contributed by atoms with van der Waals surface area (Å²) in [4.78, 5) is 24.1. The van der Waals surface area contributed by atoms with Crippen molar-refractivity contribution in [3.05, 3.63) is 62.6 Å². The fourth-order valence-corrected chi connectivity index (χ4v) is 2.83. The smallest absolute Gasteiger partial charge is 0.408 e. The van der Waals surface area contributed by atoms with Crippen molar-refractivity contribution < 1.29 is 9.21 Å². The standard InChI is InChI=1S/C17H14Cl2N2O3/c1-10-8-11(18)2-4-13(10)20-16(22)6-7-21-14-5-3-12(19)9-15(14)24-17(21)23/h2-5,8-9H,6-7H2,1H3,(H,20,22). The summed E-state index contributed by atoms with van der Waals surface area (Å²) in [6, 6.07) is 10.2. The van der Waals surface area contributed by atoms with Crippen molar-refractivity contribution in [2.75, 3.05) is 5.32 Å². The maximum atomic E-state index is 12.1. The van der Waals surface area contributed by atoms with Crippen LogP contribution in [-0.4, -0.2) is 10.5 Å². The second-order valence-electron chi connectivity index (χ2n) is 5.39. The molecule has 1 amide bonds. The van der Waals surface area contributed by atoms with Crippen LogP contribution in [0.25, 0.3) is 11.1 Å². The number of benzene rings is 2. The molecule has 0 aliphatic heterocycles. The molecule has 5 nitrogen and oxygen atoms in total. The van der Waals surface area contributed by atoms with Gasteiger partial charge >= 0.3 is 5.76 Å². The molecule has 0 radical (unpaired) electrons. The molecule has 0 spiro atoms. The summed E-state index contributed by atoms with van der Waals surface area (Å²) >= 11 is 11.8. The van der Waals surface area contributed by atoms with Gasteiger partial charge in [-0.15, -0.1) is 0 Å². The molecular weight excluding hydrogens is 351 g/mol. The number of halogens is 2. The van der Waals surface area contributed by atoms with Crippen molar-refractivity contribution in [1.29, 1.82) is 0 Å². The maximum absolute atomic E-state index is 12.1. The van der Waals surface area contributed by atoms with Crippen LogP contribution in [0.4, 0.5) is 5.69 Å². The zero-order valence-corrected chi connectivity index (χ0v) is 14.3. The molecule has 0 saturated heterocycles. The number of amides is 1. The third kappa shape index (κ3) is 3.47. The van der Waals surface area contributed by atoms with E-state index in [0.29, 0.717) is 26.8 Å². The zero-order chi connectivity index (χ0) is 17.3. The summed E-state index contributed by atoms with van der Waals surface area (Å²) in [5.41, 5.74) is 2.58. The van der Waals surface area contributed by atoms with E-state index in [0.717, 1.165) is 5.56 Å². The number of aromatic nitrogens is 1. The number of fused-ring (bicyclic) bond motifs is 1. The Balaban J connectivity index is 1.73. The average molecular weight is 365 g/mol. The first kappa shape index (κ1) is 16.6. The largest absolute Gasteiger partial charge is 0.419 e. The Kier molecular flexibility index (Phi) is 4.64. The van der Waals surface area contributed by atoms with Gasteiger partial charge in [0.25, 0.3) is 0 Å². The third-order valence-electron chi connectivity index (χ3n) is 3.66. The number of anilines is 1. The summed E-state index contributed by atoms with van der Waals surface area (Å²) in [5, 5.41) is 3.91. The van der Waals surface area contributed by atoms with Crippen LogP contribution >= 0.6 is 23.2 Å². The summed E-state index contributed by atoms with van der Waals surface area (Å²) in [5.74, 6) is -0.710. The summed E-state index contributed by atoms with van der Waals surface area (Å²) in [7, 11) is 0. The van der Waals surface area contributed by atoms with Crippen LogP contribution in [0.15, 0.2) is 45.6 Å². The fraction of sp³-hybridized carbons (Fsp3) is 0.176. The number of carbonyl (C=O) groups is 1. The summed E-state index contributed by atoms with van der Waals surface area (Å²) in [6.07, 6.45) is 0.138. The minimum absolute atomic E-state index is 0.138. The number of rotatable bonds is 4. The number of nitrogens with zero attached hydrogens (tertiary/aromatic N) is 1. The van der Waals surface area contributed by atoms with Gasteiger partial charge in [0.2, 0.25) is 5.91 Å². The van der Waals surface area contributed by atoms with Crippen LogP contribution in [0.3, 0.4) is 0 Å². The van der Waals surface area contributed by atoms with Crippen molar-refractivity contribution in [2.24, 2.45) is 0 Å². The van der Waals surface area contributed by atoms with Gasteiger partial charge < -0.3 is 9.73 Å². The second kappa shape index (κ2) is 6.71. The Morgan fingerprint density at radius 1 is 1.17 bits per heavy atom. The fourth-order valence-electron chi connectivity index (χ4n) is 2.45. The normalized spacial score (nSPS) is 11.0. The molecule has 2 aromatic carbocycles. The lowest BCUT2D eigenvalue weighted by Crippen LogP contribution is -2.20. The Morgan fingerprint density at radius 2 is 1.88 bits per heavy atom. The molecule has 0 saturated carbocycles. The first-order chi connectivity index (χ1) is 11.4. The SMILES string of the molecule is Cc1cc(Cl)ccc1NC(=O)CCn1c(=O)oc2cc(Cl)ccc21. The number of oxazole rings is 1. The predicted octanol–water partition coefficient (Wildman–Crippen LogP) is 4.24. The van der Waals surface area contributed by atoms with Crippen LogP contribution < -0.4 is 11.1 Å². The van der Waals surface area contributed by atoms with Crippen molar-refractivity contribution in [1.82, 2.24) is 4.57 Å². The zero-order valence-electron chi connectivity index (χ0n) is 12.8. The molecule has 124 valence electrons. The minimum atomic E-state index is -0.511. The molecule has 0 atom stereocenters. The van der Waals surface area contributed by atoms with E-state index in [9.17, 15) is 9.59 Å². The number of carbonyl (C=O) groups excluding carboxylic acids is 1.